The summed E-state index contributed by atoms with van der Waals surface area (Å²) in [6.45, 7) is 5.75. The number of para-hydroxylation sites is 1. The Morgan fingerprint density at radius 1 is 1.31 bits per heavy atom. The van der Waals surface area contributed by atoms with Crippen LogP contribution in [0.4, 0.5) is 0 Å². The third-order valence-corrected chi connectivity index (χ3v) is 4.09. The number of nitrogens with zero attached hydrogens (tertiary/aromatic N) is 4. The van der Waals surface area contributed by atoms with Crippen LogP contribution in [0.3, 0.4) is 0 Å². The number of aromatic nitrogens is 2. The average Bonchev–Trinajstić information content (AvgIpc) is 2.96. The summed E-state index contributed by atoms with van der Waals surface area (Å²) >= 11 is 0. The van der Waals surface area contributed by atoms with Gasteiger partial charge in [-0.3, -0.25) is 9.67 Å². The van der Waals surface area contributed by atoms with E-state index in [0.717, 1.165) is 29.5 Å². The van der Waals surface area contributed by atoms with Gasteiger partial charge in [-0.1, -0.05) is 32.0 Å². The van der Waals surface area contributed by atoms with Crippen molar-refractivity contribution in [3.05, 3.63) is 47.3 Å². The molecule has 0 spiro atoms. The number of hydrogen-bond donors (Lipinski definition) is 1. The van der Waals surface area contributed by atoms with E-state index >= 15 is 0 Å². The highest BCUT2D eigenvalue weighted by Gasteiger charge is 2.15. The van der Waals surface area contributed by atoms with Crippen molar-refractivity contribution in [2.45, 2.75) is 32.9 Å². The van der Waals surface area contributed by atoms with Crippen molar-refractivity contribution >= 4 is 29.9 Å². The van der Waals surface area contributed by atoms with Crippen LogP contribution in [0, 0.1) is 0 Å². The van der Waals surface area contributed by atoms with Crippen molar-refractivity contribution in [2.24, 2.45) is 12.0 Å². The largest absolute Gasteiger partial charge is 0.496 e. The fourth-order valence-corrected chi connectivity index (χ4v) is 2.90. The predicted molar refractivity (Wildman–Crippen MR) is 117 cm³/mol. The summed E-state index contributed by atoms with van der Waals surface area (Å²) in [4.78, 5) is 6.51. The molecule has 0 aliphatic heterocycles. The SMILES string of the molecule is CN=C(NCc1ccccc1OC)N(C)Cc1cn(C)nc1C(C)C.I. The maximum Gasteiger partial charge on any atom is 0.193 e. The van der Waals surface area contributed by atoms with Crippen molar-refractivity contribution in [2.75, 3.05) is 21.2 Å². The monoisotopic (exact) mass is 471 g/mol. The highest BCUT2D eigenvalue weighted by atomic mass is 127. The number of halogens is 1. The maximum atomic E-state index is 5.41. The lowest BCUT2D eigenvalue weighted by atomic mass is 10.1. The van der Waals surface area contributed by atoms with E-state index in [0.29, 0.717) is 12.5 Å². The summed E-state index contributed by atoms with van der Waals surface area (Å²) in [6.07, 6.45) is 2.08. The minimum absolute atomic E-state index is 0. The molecule has 2 rings (SSSR count). The number of guanidine groups is 1. The molecule has 1 aromatic carbocycles. The lowest BCUT2D eigenvalue weighted by Crippen LogP contribution is -2.38. The number of ether oxygens (including phenoxy) is 1. The molecule has 0 saturated carbocycles. The van der Waals surface area contributed by atoms with Crippen molar-refractivity contribution in [3.8, 4) is 5.75 Å². The van der Waals surface area contributed by atoms with Crippen LogP contribution >= 0.6 is 24.0 Å². The number of benzene rings is 1. The van der Waals surface area contributed by atoms with Gasteiger partial charge in [0.15, 0.2) is 5.96 Å². The molecule has 1 heterocycles. The van der Waals surface area contributed by atoms with Gasteiger partial charge >= 0.3 is 0 Å². The zero-order valence-electron chi connectivity index (χ0n) is 16.5. The second kappa shape index (κ2) is 10.4. The Morgan fingerprint density at radius 2 is 2.00 bits per heavy atom. The Balaban J connectivity index is 0.00000338. The van der Waals surface area contributed by atoms with E-state index in [4.69, 9.17) is 4.74 Å². The molecule has 1 N–H and O–H groups in total. The van der Waals surface area contributed by atoms with E-state index in [9.17, 15) is 0 Å². The molecule has 0 saturated heterocycles. The van der Waals surface area contributed by atoms with Crippen LogP contribution in [0.15, 0.2) is 35.5 Å². The quantitative estimate of drug-likeness (QED) is 0.399. The molecule has 1 aromatic heterocycles. The molecule has 0 unspecified atom stereocenters. The van der Waals surface area contributed by atoms with Gasteiger partial charge in [0.25, 0.3) is 0 Å². The number of hydrogen-bond acceptors (Lipinski definition) is 3. The Morgan fingerprint density at radius 3 is 2.62 bits per heavy atom. The van der Waals surface area contributed by atoms with Gasteiger partial charge in [-0.15, -0.1) is 24.0 Å². The molecule has 26 heavy (non-hydrogen) atoms. The van der Waals surface area contributed by atoms with Crippen LogP contribution in [0.1, 0.15) is 36.6 Å². The standard InChI is InChI=1S/C19H29N5O.HI/c1-14(2)18-16(13-24(5)22-18)12-23(4)19(20-3)21-11-15-9-7-8-10-17(15)25-6;/h7-10,13-14H,11-12H2,1-6H3,(H,20,21);1H. The zero-order valence-corrected chi connectivity index (χ0v) is 18.8. The molecule has 0 aliphatic carbocycles. The van der Waals surface area contributed by atoms with Crippen molar-refractivity contribution in [1.82, 2.24) is 20.0 Å². The molecule has 0 fully saturated rings. The number of rotatable bonds is 6. The van der Waals surface area contributed by atoms with Crippen molar-refractivity contribution in [1.29, 1.82) is 0 Å². The van der Waals surface area contributed by atoms with E-state index in [2.05, 4.69) is 46.4 Å². The number of aryl methyl sites for hydroxylation is 1. The van der Waals surface area contributed by atoms with Crippen LogP contribution in [-0.2, 0) is 20.1 Å². The Kier molecular flexibility index (Phi) is 8.91. The first-order chi connectivity index (χ1) is 12.0. The van der Waals surface area contributed by atoms with Crippen molar-refractivity contribution in [3.63, 3.8) is 0 Å². The van der Waals surface area contributed by atoms with Crippen molar-refractivity contribution < 1.29 is 4.74 Å². The minimum atomic E-state index is 0. The lowest BCUT2D eigenvalue weighted by Gasteiger charge is -2.22. The predicted octanol–water partition coefficient (Wildman–Crippen LogP) is 3.38. The first-order valence-corrected chi connectivity index (χ1v) is 8.52. The van der Waals surface area contributed by atoms with Gasteiger partial charge in [-0.25, -0.2) is 0 Å². The molecular weight excluding hydrogens is 441 g/mol. The maximum absolute atomic E-state index is 5.41. The summed E-state index contributed by atoms with van der Waals surface area (Å²) < 4.78 is 7.29. The van der Waals surface area contributed by atoms with Gasteiger partial charge in [0, 0.05) is 51.6 Å². The van der Waals surface area contributed by atoms with E-state index in [1.165, 1.54) is 5.56 Å². The highest BCUT2D eigenvalue weighted by molar-refractivity contribution is 14.0. The minimum Gasteiger partial charge on any atom is -0.496 e. The Labute approximate surface area is 173 Å². The summed E-state index contributed by atoms with van der Waals surface area (Å²) in [7, 11) is 7.49. The summed E-state index contributed by atoms with van der Waals surface area (Å²) in [5, 5.41) is 7.98. The molecule has 0 radical (unpaired) electrons. The van der Waals surface area contributed by atoms with Gasteiger partial charge in [0.1, 0.15) is 5.75 Å². The third kappa shape index (κ3) is 5.62. The highest BCUT2D eigenvalue weighted by Crippen LogP contribution is 2.19. The molecule has 6 nitrogen and oxygen atoms in total. The molecule has 0 amide bonds. The molecule has 0 bridgehead atoms. The fourth-order valence-electron chi connectivity index (χ4n) is 2.90. The van der Waals surface area contributed by atoms with Crippen LogP contribution in [0.2, 0.25) is 0 Å². The number of methoxy groups -OCH3 is 1. The smallest absolute Gasteiger partial charge is 0.193 e. The van der Waals surface area contributed by atoms with Gasteiger partial charge in [0.2, 0.25) is 0 Å². The van der Waals surface area contributed by atoms with Gasteiger partial charge in [-0.05, 0) is 12.0 Å². The molecule has 0 aliphatic rings. The van der Waals surface area contributed by atoms with Crippen LogP contribution in [0.25, 0.3) is 0 Å². The lowest BCUT2D eigenvalue weighted by molar-refractivity contribution is 0.408. The van der Waals surface area contributed by atoms with Gasteiger partial charge < -0.3 is 15.0 Å². The molecule has 2 aromatic rings. The van der Waals surface area contributed by atoms with E-state index in [-0.39, 0.29) is 24.0 Å². The Hall–Kier alpha value is -1.77. The summed E-state index contributed by atoms with van der Waals surface area (Å²) in [5.41, 5.74) is 3.46. The third-order valence-electron chi connectivity index (χ3n) is 4.09. The Bertz CT molecular complexity index is 726. The number of aliphatic imine (C=N–C) groups is 1. The topological polar surface area (TPSA) is 54.7 Å². The second-order valence-corrected chi connectivity index (χ2v) is 6.44. The zero-order chi connectivity index (χ0) is 18.4. The molecule has 7 heteroatoms. The molecule has 144 valence electrons. The number of nitrogens with one attached hydrogen (secondary N) is 1. The van der Waals surface area contributed by atoms with Crippen LogP contribution in [0.5, 0.6) is 5.75 Å². The van der Waals surface area contributed by atoms with Gasteiger partial charge in [-0.2, -0.15) is 5.10 Å². The van der Waals surface area contributed by atoms with Crippen LogP contribution < -0.4 is 10.1 Å². The van der Waals surface area contributed by atoms with Crippen LogP contribution in [-0.4, -0.2) is 41.8 Å². The fraction of sp³-hybridized carbons (Fsp3) is 0.474. The first kappa shape index (κ1) is 22.3. The van der Waals surface area contributed by atoms with Gasteiger partial charge in [0.05, 0.1) is 12.8 Å². The average molecular weight is 471 g/mol. The first-order valence-electron chi connectivity index (χ1n) is 8.52. The molecule has 0 atom stereocenters. The van der Waals surface area contributed by atoms with E-state index in [1.807, 2.05) is 37.0 Å². The summed E-state index contributed by atoms with van der Waals surface area (Å²) in [5.74, 6) is 2.11. The summed E-state index contributed by atoms with van der Waals surface area (Å²) in [6, 6.07) is 8.00. The molecular formula is C19H30IN5O. The van der Waals surface area contributed by atoms with E-state index < -0.39 is 0 Å². The van der Waals surface area contributed by atoms with E-state index in [1.54, 1.807) is 14.2 Å². The second-order valence-electron chi connectivity index (χ2n) is 6.44. The normalized spacial score (nSPS) is 11.3.